The van der Waals surface area contributed by atoms with Crippen LogP contribution < -0.4 is 5.32 Å². The molecule has 0 radical (unpaired) electrons. The van der Waals surface area contributed by atoms with Gasteiger partial charge in [0, 0.05) is 11.5 Å². The fourth-order valence-electron chi connectivity index (χ4n) is 3.62. The van der Waals surface area contributed by atoms with Gasteiger partial charge in [-0.3, -0.25) is 4.79 Å². The zero-order valence-corrected chi connectivity index (χ0v) is 13.5. The number of carbonyl (C=O) groups excluding carboxylic acids is 1. The first-order valence-corrected chi connectivity index (χ1v) is 8.25. The van der Waals surface area contributed by atoms with Gasteiger partial charge in [0.1, 0.15) is 5.69 Å². The van der Waals surface area contributed by atoms with Crippen LogP contribution in [0.5, 0.6) is 0 Å². The molecule has 1 heterocycles. The third-order valence-corrected chi connectivity index (χ3v) is 5.60. The number of aliphatic hydroxyl groups excluding tert-OH is 1. The Morgan fingerprint density at radius 2 is 2.25 bits per heavy atom. The Morgan fingerprint density at radius 3 is 2.92 bits per heavy atom. The molecule has 2 aliphatic carbocycles. The SMILES string of the molecule is O=C(NC1CC(O)C12CCC2)c1cn(-c2cccc(Cl)c2F)nn1. The van der Waals surface area contributed by atoms with Gasteiger partial charge in [-0.15, -0.1) is 5.10 Å². The van der Waals surface area contributed by atoms with E-state index in [1.807, 2.05) is 0 Å². The van der Waals surface area contributed by atoms with Crippen LogP contribution in [0.4, 0.5) is 4.39 Å². The summed E-state index contributed by atoms with van der Waals surface area (Å²) < 4.78 is 15.2. The first-order chi connectivity index (χ1) is 11.5. The quantitative estimate of drug-likeness (QED) is 0.888. The predicted molar refractivity (Wildman–Crippen MR) is 84.5 cm³/mol. The maximum absolute atomic E-state index is 14.0. The number of hydrogen-bond donors (Lipinski definition) is 2. The summed E-state index contributed by atoms with van der Waals surface area (Å²) in [7, 11) is 0. The van der Waals surface area contributed by atoms with Gasteiger partial charge in [-0.2, -0.15) is 0 Å². The average molecular weight is 351 g/mol. The van der Waals surface area contributed by atoms with Crippen LogP contribution in [0.15, 0.2) is 24.4 Å². The number of halogens is 2. The first-order valence-electron chi connectivity index (χ1n) is 7.87. The van der Waals surface area contributed by atoms with Crippen molar-refractivity contribution in [2.24, 2.45) is 5.41 Å². The molecule has 0 aliphatic heterocycles. The molecule has 0 bridgehead atoms. The minimum absolute atomic E-state index is 0.0237. The van der Waals surface area contributed by atoms with E-state index in [9.17, 15) is 14.3 Å². The molecule has 2 aliphatic rings. The highest BCUT2D eigenvalue weighted by atomic mass is 35.5. The van der Waals surface area contributed by atoms with Gasteiger partial charge in [-0.05, 0) is 31.4 Å². The third-order valence-electron chi connectivity index (χ3n) is 5.31. The monoisotopic (exact) mass is 350 g/mol. The lowest BCUT2D eigenvalue weighted by Crippen LogP contribution is -2.66. The molecule has 1 spiro atoms. The second-order valence-electron chi connectivity index (χ2n) is 6.49. The maximum Gasteiger partial charge on any atom is 0.273 e. The topological polar surface area (TPSA) is 80.0 Å². The van der Waals surface area contributed by atoms with Gasteiger partial charge < -0.3 is 10.4 Å². The fourth-order valence-corrected chi connectivity index (χ4v) is 3.79. The predicted octanol–water partition coefficient (Wildman–Crippen LogP) is 2.09. The number of hydrogen-bond acceptors (Lipinski definition) is 4. The van der Waals surface area contributed by atoms with Crippen molar-refractivity contribution in [2.45, 2.75) is 37.8 Å². The normalized spacial score (nSPS) is 24.3. The summed E-state index contributed by atoms with van der Waals surface area (Å²) in [5.74, 6) is -0.988. The van der Waals surface area contributed by atoms with Crippen LogP contribution in [0.2, 0.25) is 5.02 Å². The molecule has 4 rings (SSSR count). The number of rotatable bonds is 3. The van der Waals surface area contributed by atoms with Crippen LogP contribution in [-0.4, -0.2) is 38.2 Å². The maximum atomic E-state index is 14.0. The molecule has 1 aromatic heterocycles. The molecule has 2 N–H and O–H groups in total. The second-order valence-corrected chi connectivity index (χ2v) is 6.89. The molecule has 1 aromatic carbocycles. The van der Waals surface area contributed by atoms with E-state index in [2.05, 4.69) is 15.6 Å². The van der Waals surface area contributed by atoms with Crippen LogP contribution in [0.1, 0.15) is 36.2 Å². The highest BCUT2D eigenvalue weighted by Gasteiger charge is 2.58. The van der Waals surface area contributed by atoms with Gasteiger partial charge in [-0.1, -0.05) is 29.3 Å². The Labute approximate surface area is 142 Å². The summed E-state index contributed by atoms with van der Waals surface area (Å²) in [6.45, 7) is 0. The number of nitrogens with zero attached hydrogens (tertiary/aromatic N) is 3. The minimum Gasteiger partial charge on any atom is -0.392 e. The Balaban J connectivity index is 1.51. The molecule has 2 unspecified atom stereocenters. The van der Waals surface area contributed by atoms with Crippen molar-refractivity contribution in [1.82, 2.24) is 20.3 Å². The summed E-state index contributed by atoms with van der Waals surface area (Å²) in [5.41, 5.74) is 0.0684. The van der Waals surface area contributed by atoms with Crippen LogP contribution in [-0.2, 0) is 0 Å². The molecule has 8 heteroatoms. The van der Waals surface area contributed by atoms with E-state index < -0.39 is 5.82 Å². The molecule has 2 fully saturated rings. The van der Waals surface area contributed by atoms with E-state index in [1.54, 1.807) is 6.07 Å². The Hall–Kier alpha value is -1.99. The largest absolute Gasteiger partial charge is 0.392 e. The first kappa shape index (κ1) is 15.5. The molecule has 6 nitrogen and oxygen atoms in total. The van der Waals surface area contributed by atoms with Crippen molar-refractivity contribution in [2.75, 3.05) is 0 Å². The molecule has 2 saturated carbocycles. The Morgan fingerprint density at radius 1 is 1.46 bits per heavy atom. The molecule has 24 heavy (non-hydrogen) atoms. The van der Waals surface area contributed by atoms with E-state index in [-0.39, 0.29) is 39.9 Å². The number of amides is 1. The Kier molecular flexibility index (Phi) is 3.58. The van der Waals surface area contributed by atoms with Crippen molar-refractivity contribution in [3.63, 3.8) is 0 Å². The number of aliphatic hydroxyl groups is 1. The number of benzene rings is 1. The minimum atomic E-state index is -0.619. The highest BCUT2D eigenvalue weighted by Crippen LogP contribution is 2.55. The van der Waals surface area contributed by atoms with Gasteiger partial charge in [-0.25, -0.2) is 9.07 Å². The Bertz CT molecular complexity index is 805. The van der Waals surface area contributed by atoms with Crippen molar-refractivity contribution in [3.8, 4) is 5.69 Å². The molecule has 1 amide bonds. The molecule has 2 aromatic rings. The van der Waals surface area contributed by atoms with Crippen LogP contribution >= 0.6 is 11.6 Å². The van der Waals surface area contributed by atoms with Gasteiger partial charge in [0.2, 0.25) is 0 Å². The van der Waals surface area contributed by atoms with Crippen molar-refractivity contribution in [1.29, 1.82) is 0 Å². The van der Waals surface area contributed by atoms with E-state index in [1.165, 1.54) is 23.0 Å². The summed E-state index contributed by atoms with van der Waals surface area (Å²) >= 11 is 5.76. The number of aromatic nitrogens is 3. The fraction of sp³-hybridized carbons (Fsp3) is 0.438. The molecule has 2 atom stereocenters. The van der Waals surface area contributed by atoms with E-state index in [4.69, 9.17) is 11.6 Å². The lowest BCUT2D eigenvalue weighted by atomic mass is 9.51. The summed E-state index contributed by atoms with van der Waals surface area (Å²) in [6, 6.07) is 4.49. The summed E-state index contributed by atoms with van der Waals surface area (Å²) in [5, 5.41) is 20.5. The van der Waals surface area contributed by atoms with Crippen LogP contribution in [0.3, 0.4) is 0 Å². The zero-order chi connectivity index (χ0) is 16.9. The van der Waals surface area contributed by atoms with Crippen molar-refractivity contribution in [3.05, 3.63) is 40.9 Å². The van der Waals surface area contributed by atoms with E-state index in [0.29, 0.717) is 6.42 Å². The van der Waals surface area contributed by atoms with Crippen LogP contribution in [0, 0.1) is 11.2 Å². The molecule has 0 saturated heterocycles. The lowest BCUT2D eigenvalue weighted by Gasteiger charge is -2.59. The van der Waals surface area contributed by atoms with Gasteiger partial charge in [0.25, 0.3) is 5.91 Å². The van der Waals surface area contributed by atoms with Gasteiger partial charge in [0.05, 0.1) is 17.3 Å². The average Bonchev–Trinajstić information content (AvgIpc) is 2.97. The highest BCUT2D eigenvalue weighted by molar-refractivity contribution is 6.30. The third kappa shape index (κ3) is 2.22. The van der Waals surface area contributed by atoms with Gasteiger partial charge in [0.15, 0.2) is 11.5 Å². The molecular formula is C16H16ClFN4O2. The standard InChI is InChI=1S/C16H16ClFN4O2/c17-9-3-1-4-11(14(9)18)22-8-10(20-21-22)15(24)19-12-7-13(23)16(12)5-2-6-16/h1,3-4,8,12-13,23H,2,5-7H2,(H,19,24). The second kappa shape index (κ2) is 5.53. The zero-order valence-electron chi connectivity index (χ0n) is 12.7. The smallest absolute Gasteiger partial charge is 0.273 e. The van der Waals surface area contributed by atoms with Gasteiger partial charge >= 0.3 is 0 Å². The number of nitrogens with one attached hydrogen (secondary N) is 1. The van der Waals surface area contributed by atoms with Crippen LogP contribution in [0.25, 0.3) is 5.69 Å². The van der Waals surface area contributed by atoms with E-state index >= 15 is 0 Å². The van der Waals surface area contributed by atoms with E-state index in [0.717, 1.165) is 19.3 Å². The molecular weight excluding hydrogens is 335 g/mol. The lowest BCUT2D eigenvalue weighted by molar-refractivity contribution is -0.141. The van der Waals surface area contributed by atoms with Crippen molar-refractivity contribution >= 4 is 17.5 Å². The molecule has 126 valence electrons. The summed E-state index contributed by atoms with van der Waals surface area (Å²) in [4.78, 5) is 12.4. The number of carbonyl (C=O) groups is 1. The van der Waals surface area contributed by atoms with Crippen molar-refractivity contribution < 1.29 is 14.3 Å². The summed E-state index contributed by atoms with van der Waals surface area (Å²) in [6.07, 6.45) is 4.52.